The monoisotopic (exact) mass is 580 g/mol. The van der Waals surface area contributed by atoms with Crippen molar-refractivity contribution in [2.24, 2.45) is 0 Å². The number of hydrogen-bond acceptors (Lipinski definition) is 8. The molecule has 40 heavy (non-hydrogen) atoms. The molecule has 0 spiro atoms. The van der Waals surface area contributed by atoms with E-state index in [1.165, 1.54) is 17.3 Å². The van der Waals surface area contributed by atoms with Gasteiger partial charge in [-0.2, -0.15) is 0 Å². The lowest BCUT2D eigenvalue weighted by Crippen LogP contribution is -2.49. The molecular formula is C29H32N4O5S2. The van der Waals surface area contributed by atoms with Gasteiger partial charge in [-0.25, -0.2) is 4.79 Å². The van der Waals surface area contributed by atoms with Gasteiger partial charge in [-0.1, -0.05) is 54.3 Å². The van der Waals surface area contributed by atoms with Crippen molar-refractivity contribution in [3.05, 3.63) is 64.1 Å². The standard InChI is InChI=1S/C29H32N4O5S2/c1-29(2,3)38-28(36)32-12-10-31(11-13-32)16-19-4-6-20(7-5-19)17-33-22-14-21(8-9-23(22)37-18-25(33)34)15-24-26(35)30-27(39)40-24/h4-9,14-15H,10-13,16-18H2,1-3H3,(H,30,35,39). The zero-order chi connectivity index (χ0) is 28.4. The third kappa shape index (κ3) is 6.83. The van der Waals surface area contributed by atoms with Crippen LogP contribution in [0.4, 0.5) is 10.5 Å². The molecular weight excluding hydrogens is 548 g/mol. The van der Waals surface area contributed by atoms with Crippen molar-refractivity contribution in [1.29, 1.82) is 0 Å². The van der Waals surface area contributed by atoms with Crippen LogP contribution in [0.5, 0.6) is 5.75 Å². The van der Waals surface area contributed by atoms with Gasteiger partial charge >= 0.3 is 6.09 Å². The summed E-state index contributed by atoms with van der Waals surface area (Å²) in [6.07, 6.45) is 1.51. The molecule has 0 aromatic heterocycles. The number of carbonyl (C=O) groups is 3. The zero-order valence-electron chi connectivity index (χ0n) is 22.8. The second kappa shape index (κ2) is 11.6. The van der Waals surface area contributed by atoms with E-state index in [9.17, 15) is 14.4 Å². The Morgan fingerprint density at radius 3 is 2.35 bits per heavy atom. The van der Waals surface area contributed by atoms with E-state index in [-0.39, 0.29) is 24.5 Å². The number of hydrogen-bond donors (Lipinski definition) is 1. The fourth-order valence-electron chi connectivity index (χ4n) is 4.66. The summed E-state index contributed by atoms with van der Waals surface area (Å²) < 4.78 is 11.6. The quantitative estimate of drug-likeness (QED) is 0.417. The summed E-state index contributed by atoms with van der Waals surface area (Å²) >= 11 is 6.29. The topological polar surface area (TPSA) is 91.4 Å². The van der Waals surface area contributed by atoms with E-state index in [1.54, 1.807) is 15.9 Å². The van der Waals surface area contributed by atoms with Gasteiger partial charge in [-0.3, -0.25) is 14.5 Å². The normalized spacial score (nSPS) is 19.0. The van der Waals surface area contributed by atoms with Crippen molar-refractivity contribution in [3.8, 4) is 5.75 Å². The van der Waals surface area contributed by atoms with E-state index in [2.05, 4.69) is 22.3 Å². The predicted molar refractivity (Wildman–Crippen MR) is 159 cm³/mol. The molecule has 210 valence electrons. The summed E-state index contributed by atoms with van der Waals surface area (Å²) in [5, 5.41) is 2.62. The van der Waals surface area contributed by atoms with Crippen molar-refractivity contribution in [3.63, 3.8) is 0 Å². The molecule has 2 fully saturated rings. The van der Waals surface area contributed by atoms with Crippen LogP contribution in [0.1, 0.15) is 37.5 Å². The molecule has 2 saturated heterocycles. The molecule has 0 bridgehead atoms. The fraction of sp³-hybridized carbons (Fsp3) is 0.379. The molecule has 2 aromatic carbocycles. The second-order valence-corrected chi connectivity index (χ2v) is 12.6. The second-order valence-electron chi connectivity index (χ2n) is 10.9. The lowest BCUT2D eigenvalue weighted by Gasteiger charge is -2.35. The highest BCUT2D eigenvalue weighted by Gasteiger charge is 2.28. The number of ether oxygens (including phenoxy) is 2. The number of fused-ring (bicyclic) bond motifs is 1. The molecule has 0 aliphatic carbocycles. The van der Waals surface area contributed by atoms with Crippen molar-refractivity contribution >= 4 is 58.0 Å². The van der Waals surface area contributed by atoms with Crippen molar-refractivity contribution in [1.82, 2.24) is 15.1 Å². The molecule has 5 rings (SSSR count). The Hall–Kier alpha value is -3.41. The van der Waals surface area contributed by atoms with E-state index >= 15 is 0 Å². The van der Waals surface area contributed by atoms with Gasteiger partial charge in [0.15, 0.2) is 6.61 Å². The van der Waals surface area contributed by atoms with Crippen LogP contribution < -0.4 is 15.0 Å². The summed E-state index contributed by atoms with van der Waals surface area (Å²) in [5.74, 6) is 0.281. The maximum absolute atomic E-state index is 12.8. The third-order valence-corrected chi connectivity index (χ3v) is 7.82. The largest absolute Gasteiger partial charge is 0.482 e. The fourth-order valence-corrected chi connectivity index (χ4v) is 5.70. The molecule has 0 saturated carbocycles. The van der Waals surface area contributed by atoms with Crippen LogP contribution in [0.25, 0.3) is 6.08 Å². The Kier molecular flexibility index (Phi) is 8.16. The van der Waals surface area contributed by atoms with Gasteiger partial charge in [0.05, 0.1) is 17.1 Å². The first-order chi connectivity index (χ1) is 19.0. The number of nitrogens with one attached hydrogen (secondary N) is 1. The lowest BCUT2D eigenvalue weighted by atomic mass is 10.1. The van der Waals surface area contributed by atoms with Crippen molar-refractivity contribution in [2.45, 2.75) is 39.5 Å². The average Bonchev–Trinajstić information content (AvgIpc) is 3.22. The molecule has 0 radical (unpaired) electrons. The highest BCUT2D eigenvalue weighted by molar-refractivity contribution is 8.26. The van der Waals surface area contributed by atoms with Gasteiger partial charge < -0.3 is 24.6 Å². The SMILES string of the molecule is CC(C)(C)OC(=O)N1CCN(Cc2ccc(CN3C(=O)COc4ccc(C=C5SC(=S)NC5=O)cc43)cc2)CC1. The number of rotatable bonds is 5. The molecule has 0 unspecified atom stereocenters. The molecule has 3 heterocycles. The Morgan fingerprint density at radius 2 is 1.73 bits per heavy atom. The minimum atomic E-state index is -0.495. The summed E-state index contributed by atoms with van der Waals surface area (Å²) in [5.41, 5.74) is 3.13. The van der Waals surface area contributed by atoms with Crippen LogP contribution in [0, 0.1) is 0 Å². The van der Waals surface area contributed by atoms with Gasteiger partial charge in [-0.15, -0.1) is 0 Å². The molecule has 3 aliphatic rings. The van der Waals surface area contributed by atoms with Gasteiger partial charge in [0.25, 0.3) is 11.8 Å². The Labute approximate surface area is 243 Å². The van der Waals surface area contributed by atoms with Crippen LogP contribution in [0.15, 0.2) is 47.4 Å². The Balaban J connectivity index is 1.21. The Bertz CT molecular complexity index is 1360. The maximum atomic E-state index is 12.8. The molecule has 2 aromatic rings. The number of anilines is 1. The first-order valence-electron chi connectivity index (χ1n) is 13.1. The first-order valence-corrected chi connectivity index (χ1v) is 14.4. The minimum absolute atomic E-state index is 0.0205. The van der Waals surface area contributed by atoms with E-state index in [0.717, 1.165) is 30.8 Å². The maximum Gasteiger partial charge on any atom is 0.410 e. The van der Waals surface area contributed by atoms with E-state index < -0.39 is 5.60 Å². The predicted octanol–water partition coefficient (Wildman–Crippen LogP) is 4.15. The summed E-state index contributed by atoms with van der Waals surface area (Å²) in [6, 6.07) is 13.8. The number of thioether (sulfide) groups is 1. The average molecular weight is 581 g/mol. The minimum Gasteiger partial charge on any atom is -0.482 e. The van der Waals surface area contributed by atoms with Crippen LogP contribution in [0.2, 0.25) is 0 Å². The highest BCUT2D eigenvalue weighted by atomic mass is 32.2. The van der Waals surface area contributed by atoms with Crippen molar-refractivity contribution < 1.29 is 23.9 Å². The lowest BCUT2D eigenvalue weighted by molar-refractivity contribution is -0.121. The van der Waals surface area contributed by atoms with Crippen LogP contribution in [0.3, 0.4) is 0 Å². The molecule has 3 amide bonds. The summed E-state index contributed by atoms with van der Waals surface area (Å²) in [7, 11) is 0. The molecule has 3 aliphatic heterocycles. The van der Waals surface area contributed by atoms with E-state index in [1.807, 2.05) is 51.1 Å². The summed E-state index contributed by atoms with van der Waals surface area (Å²) in [4.78, 5) is 43.6. The number of amides is 3. The number of carbonyl (C=O) groups excluding carboxylic acids is 3. The van der Waals surface area contributed by atoms with Gasteiger partial charge in [0, 0.05) is 32.7 Å². The Morgan fingerprint density at radius 1 is 1.05 bits per heavy atom. The number of piperazine rings is 1. The molecule has 0 atom stereocenters. The highest BCUT2D eigenvalue weighted by Crippen LogP contribution is 2.36. The third-order valence-electron chi connectivity index (χ3n) is 6.66. The van der Waals surface area contributed by atoms with E-state index in [4.69, 9.17) is 21.7 Å². The van der Waals surface area contributed by atoms with Crippen LogP contribution >= 0.6 is 24.0 Å². The first kappa shape index (κ1) is 28.1. The van der Waals surface area contributed by atoms with Gasteiger partial charge in [-0.05, 0) is 55.7 Å². The van der Waals surface area contributed by atoms with E-state index in [0.29, 0.717) is 40.3 Å². The zero-order valence-corrected chi connectivity index (χ0v) is 24.4. The summed E-state index contributed by atoms with van der Waals surface area (Å²) in [6.45, 7) is 9.64. The van der Waals surface area contributed by atoms with Gasteiger partial charge in [0.1, 0.15) is 15.7 Å². The number of thiocarbonyl (C=S) groups is 1. The number of nitrogens with zero attached hydrogens (tertiary/aromatic N) is 3. The van der Waals surface area contributed by atoms with Crippen molar-refractivity contribution in [2.75, 3.05) is 37.7 Å². The number of benzene rings is 2. The van der Waals surface area contributed by atoms with Gasteiger partial charge in [0.2, 0.25) is 0 Å². The smallest absolute Gasteiger partial charge is 0.410 e. The molecule has 11 heteroatoms. The van der Waals surface area contributed by atoms with Crippen LogP contribution in [-0.2, 0) is 27.4 Å². The molecule has 9 nitrogen and oxygen atoms in total. The molecule has 1 N–H and O–H groups in total. The van der Waals surface area contributed by atoms with Crippen LogP contribution in [-0.4, -0.2) is 70.4 Å².